The molecule has 0 atom stereocenters. The number of rotatable bonds is 5. The molecule has 2 aromatic carbocycles. The lowest BCUT2D eigenvalue weighted by molar-refractivity contribution is -0.122. The molecule has 1 amide bonds. The van der Waals surface area contributed by atoms with Gasteiger partial charge in [-0.15, -0.1) is 0 Å². The second kappa shape index (κ2) is 8.61. The monoisotopic (exact) mass is 372 g/mol. The third kappa shape index (κ3) is 4.53. The Bertz CT molecular complexity index is 771. The van der Waals surface area contributed by atoms with Gasteiger partial charge in [0.05, 0.1) is 0 Å². The molecule has 0 N–H and O–H groups in total. The van der Waals surface area contributed by atoms with Crippen molar-refractivity contribution in [3.8, 4) is 0 Å². The first kappa shape index (κ1) is 19.5. The molecule has 0 spiro atoms. The van der Waals surface area contributed by atoms with Crippen molar-refractivity contribution in [3.05, 3.63) is 65.7 Å². The number of hydrogen-bond acceptors (Lipinski definition) is 2. The molecule has 27 heavy (non-hydrogen) atoms. The molecule has 1 aliphatic rings. The van der Waals surface area contributed by atoms with Crippen molar-refractivity contribution in [2.45, 2.75) is 39.3 Å². The second-order valence-corrected chi connectivity index (χ2v) is 7.42. The predicted octanol–water partition coefficient (Wildman–Crippen LogP) is 4.62. The molecule has 3 rings (SSSR count). The molecule has 0 bridgehead atoms. The van der Waals surface area contributed by atoms with Gasteiger partial charge in [0.15, 0.2) is 11.6 Å². The molecule has 0 radical (unpaired) electrons. The standard InChI is InChI=1S/C22H26F2N2O/c1-16(2)22(27)26(18-8-4-3-5-9-18)19-11-13-25(14-12-19)15-17-7-6-10-20(23)21(17)24/h3-10,16,19H,11-15H2,1-2H3. The highest BCUT2D eigenvalue weighted by molar-refractivity contribution is 5.95. The van der Waals surface area contributed by atoms with Crippen LogP contribution in [0.25, 0.3) is 0 Å². The first-order valence-corrected chi connectivity index (χ1v) is 9.50. The van der Waals surface area contributed by atoms with Gasteiger partial charge in [-0.1, -0.05) is 44.2 Å². The third-order valence-corrected chi connectivity index (χ3v) is 5.11. The third-order valence-electron chi connectivity index (χ3n) is 5.11. The summed E-state index contributed by atoms with van der Waals surface area (Å²) in [6, 6.07) is 14.2. The molecule has 2 aromatic rings. The summed E-state index contributed by atoms with van der Waals surface area (Å²) in [5, 5.41) is 0. The SMILES string of the molecule is CC(C)C(=O)N(c1ccccc1)C1CCN(Cc2cccc(F)c2F)CC1. The number of hydrogen-bond donors (Lipinski definition) is 0. The zero-order valence-corrected chi connectivity index (χ0v) is 15.9. The number of amides is 1. The number of likely N-dealkylation sites (tertiary alicyclic amines) is 1. The smallest absolute Gasteiger partial charge is 0.229 e. The van der Waals surface area contributed by atoms with Gasteiger partial charge < -0.3 is 4.90 Å². The summed E-state index contributed by atoms with van der Waals surface area (Å²) < 4.78 is 27.3. The molecule has 0 aromatic heterocycles. The average Bonchev–Trinajstić information content (AvgIpc) is 2.67. The maximum atomic E-state index is 13.9. The van der Waals surface area contributed by atoms with E-state index in [4.69, 9.17) is 0 Å². The largest absolute Gasteiger partial charge is 0.309 e. The molecule has 0 saturated carbocycles. The Balaban J connectivity index is 1.69. The molecule has 144 valence electrons. The fourth-order valence-corrected chi connectivity index (χ4v) is 3.63. The Morgan fingerprint density at radius 3 is 2.37 bits per heavy atom. The van der Waals surface area contributed by atoms with Crippen LogP contribution in [0, 0.1) is 17.6 Å². The van der Waals surface area contributed by atoms with Crippen molar-refractivity contribution < 1.29 is 13.6 Å². The quantitative estimate of drug-likeness (QED) is 0.765. The Labute approximate surface area is 159 Å². The van der Waals surface area contributed by atoms with Gasteiger partial charge >= 0.3 is 0 Å². The Kier molecular flexibility index (Phi) is 6.22. The number of benzene rings is 2. The van der Waals surface area contributed by atoms with Crippen LogP contribution in [0.5, 0.6) is 0 Å². The van der Waals surface area contributed by atoms with Crippen LogP contribution in [0.4, 0.5) is 14.5 Å². The molecule has 3 nitrogen and oxygen atoms in total. The molecule has 1 saturated heterocycles. The predicted molar refractivity (Wildman–Crippen MR) is 103 cm³/mol. The van der Waals surface area contributed by atoms with E-state index in [0.717, 1.165) is 37.7 Å². The van der Waals surface area contributed by atoms with E-state index in [-0.39, 0.29) is 17.9 Å². The van der Waals surface area contributed by atoms with E-state index < -0.39 is 11.6 Å². The summed E-state index contributed by atoms with van der Waals surface area (Å²) in [6.07, 6.45) is 1.62. The molecule has 1 fully saturated rings. The number of nitrogens with zero attached hydrogens (tertiary/aromatic N) is 2. The maximum absolute atomic E-state index is 13.9. The van der Waals surface area contributed by atoms with E-state index in [2.05, 4.69) is 4.90 Å². The van der Waals surface area contributed by atoms with Crippen LogP contribution in [0.15, 0.2) is 48.5 Å². The van der Waals surface area contributed by atoms with Crippen molar-refractivity contribution in [2.75, 3.05) is 18.0 Å². The summed E-state index contributed by atoms with van der Waals surface area (Å²) in [7, 11) is 0. The molecule has 5 heteroatoms. The van der Waals surface area contributed by atoms with E-state index >= 15 is 0 Å². The number of para-hydroxylation sites is 1. The minimum absolute atomic E-state index is 0.0791. The van der Waals surface area contributed by atoms with Crippen molar-refractivity contribution >= 4 is 11.6 Å². The summed E-state index contributed by atoms with van der Waals surface area (Å²) in [4.78, 5) is 16.9. The van der Waals surface area contributed by atoms with Crippen molar-refractivity contribution in [1.82, 2.24) is 4.90 Å². The normalized spacial score (nSPS) is 15.9. The minimum atomic E-state index is -0.805. The minimum Gasteiger partial charge on any atom is -0.309 e. The van der Waals surface area contributed by atoms with E-state index in [0.29, 0.717) is 12.1 Å². The lowest BCUT2D eigenvalue weighted by Gasteiger charge is -2.39. The van der Waals surface area contributed by atoms with Crippen LogP contribution in [-0.2, 0) is 11.3 Å². The van der Waals surface area contributed by atoms with Crippen LogP contribution < -0.4 is 4.90 Å². The van der Waals surface area contributed by atoms with E-state index in [1.165, 1.54) is 0 Å². The van der Waals surface area contributed by atoms with E-state index in [1.54, 1.807) is 12.1 Å². The van der Waals surface area contributed by atoms with Gasteiger partial charge in [-0.2, -0.15) is 0 Å². The topological polar surface area (TPSA) is 23.6 Å². The van der Waals surface area contributed by atoms with Gasteiger partial charge in [0, 0.05) is 42.8 Å². The second-order valence-electron chi connectivity index (χ2n) is 7.42. The van der Waals surface area contributed by atoms with Crippen molar-refractivity contribution in [1.29, 1.82) is 0 Å². The highest BCUT2D eigenvalue weighted by Gasteiger charge is 2.30. The fourth-order valence-electron chi connectivity index (χ4n) is 3.63. The lowest BCUT2D eigenvalue weighted by atomic mass is 9.99. The molecule has 1 heterocycles. The molecular formula is C22H26F2N2O. The first-order valence-electron chi connectivity index (χ1n) is 9.50. The first-order chi connectivity index (χ1) is 13.0. The van der Waals surface area contributed by atoms with E-state index in [9.17, 15) is 13.6 Å². The zero-order chi connectivity index (χ0) is 19.4. The summed E-state index contributed by atoms with van der Waals surface area (Å²) >= 11 is 0. The number of anilines is 1. The highest BCUT2D eigenvalue weighted by atomic mass is 19.2. The highest BCUT2D eigenvalue weighted by Crippen LogP contribution is 2.26. The summed E-state index contributed by atoms with van der Waals surface area (Å²) in [5.41, 5.74) is 1.30. The maximum Gasteiger partial charge on any atom is 0.229 e. The van der Waals surface area contributed by atoms with Crippen LogP contribution in [0.2, 0.25) is 0 Å². The number of piperidine rings is 1. The zero-order valence-electron chi connectivity index (χ0n) is 15.9. The Hall–Kier alpha value is -2.27. The molecule has 0 unspecified atom stereocenters. The summed E-state index contributed by atoms with van der Waals surface area (Å²) in [5.74, 6) is -1.53. The van der Waals surface area contributed by atoms with Gasteiger partial charge in [-0.25, -0.2) is 8.78 Å². The van der Waals surface area contributed by atoms with Crippen LogP contribution in [0.3, 0.4) is 0 Å². The number of carbonyl (C=O) groups excluding carboxylic acids is 1. The van der Waals surface area contributed by atoms with Gasteiger partial charge in [0.2, 0.25) is 5.91 Å². The van der Waals surface area contributed by atoms with Crippen LogP contribution >= 0.6 is 0 Å². The molecule has 0 aliphatic carbocycles. The summed E-state index contributed by atoms with van der Waals surface area (Å²) in [6.45, 7) is 5.71. The fraction of sp³-hybridized carbons (Fsp3) is 0.409. The number of carbonyl (C=O) groups is 1. The van der Waals surface area contributed by atoms with Gasteiger partial charge in [-0.05, 0) is 31.0 Å². The lowest BCUT2D eigenvalue weighted by Crippen LogP contribution is -2.48. The van der Waals surface area contributed by atoms with Crippen molar-refractivity contribution in [3.63, 3.8) is 0 Å². The van der Waals surface area contributed by atoms with Gasteiger partial charge in [0.1, 0.15) is 0 Å². The van der Waals surface area contributed by atoms with Gasteiger partial charge in [0.25, 0.3) is 0 Å². The van der Waals surface area contributed by atoms with Gasteiger partial charge in [-0.3, -0.25) is 9.69 Å². The van der Waals surface area contributed by atoms with Crippen LogP contribution in [-0.4, -0.2) is 29.9 Å². The van der Waals surface area contributed by atoms with Crippen molar-refractivity contribution in [2.24, 2.45) is 5.92 Å². The van der Waals surface area contributed by atoms with Crippen LogP contribution in [0.1, 0.15) is 32.3 Å². The molecule has 1 aliphatic heterocycles. The Morgan fingerprint density at radius 1 is 1.07 bits per heavy atom. The average molecular weight is 372 g/mol. The molecular weight excluding hydrogens is 346 g/mol. The van der Waals surface area contributed by atoms with E-state index in [1.807, 2.05) is 49.1 Å². The Morgan fingerprint density at radius 2 is 1.74 bits per heavy atom. The number of halogens is 2.